The van der Waals surface area contributed by atoms with Gasteiger partial charge in [-0.1, -0.05) is 12.1 Å². The molecule has 27 heavy (non-hydrogen) atoms. The Morgan fingerprint density at radius 3 is 2.63 bits per heavy atom. The Hall–Kier alpha value is -2.75. The Balaban J connectivity index is 2.09. The van der Waals surface area contributed by atoms with Crippen LogP contribution in [-0.4, -0.2) is 29.9 Å². The second kappa shape index (κ2) is 8.76. The SMILES string of the molecule is CSc1ccc([N+](=O)[O-])c(C(=O)NCc2cccc(OCC(F)(F)F)c2)c1. The van der Waals surface area contributed by atoms with Crippen LogP contribution in [-0.2, 0) is 6.54 Å². The van der Waals surface area contributed by atoms with E-state index in [4.69, 9.17) is 0 Å². The summed E-state index contributed by atoms with van der Waals surface area (Å²) in [4.78, 5) is 23.5. The number of nitro groups is 1. The molecule has 0 saturated carbocycles. The molecule has 0 heterocycles. The number of nitrogens with zero attached hydrogens (tertiary/aromatic N) is 1. The summed E-state index contributed by atoms with van der Waals surface area (Å²) in [6, 6.07) is 10.0. The van der Waals surface area contributed by atoms with Gasteiger partial charge in [-0.05, 0) is 36.1 Å². The Morgan fingerprint density at radius 1 is 1.26 bits per heavy atom. The molecule has 2 aromatic carbocycles. The lowest BCUT2D eigenvalue weighted by Gasteiger charge is -2.11. The summed E-state index contributed by atoms with van der Waals surface area (Å²) in [6.07, 6.45) is -2.68. The molecule has 0 fully saturated rings. The summed E-state index contributed by atoms with van der Waals surface area (Å²) < 4.78 is 41.3. The number of hydrogen-bond donors (Lipinski definition) is 1. The van der Waals surface area contributed by atoms with Gasteiger partial charge in [-0.3, -0.25) is 14.9 Å². The van der Waals surface area contributed by atoms with Crippen LogP contribution in [0.5, 0.6) is 5.75 Å². The van der Waals surface area contributed by atoms with Crippen molar-refractivity contribution in [3.8, 4) is 5.75 Å². The molecule has 6 nitrogen and oxygen atoms in total. The zero-order valence-corrected chi connectivity index (χ0v) is 14.9. The first-order chi connectivity index (χ1) is 12.7. The smallest absolute Gasteiger partial charge is 0.422 e. The van der Waals surface area contributed by atoms with Crippen LogP contribution in [0.3, 0.4) is 0 Å². The van der Waals surface area contributed by atoms with Crippen molar-refractivity contribution in [1.82, 2.24) is 5.32 Å². The predicted octanol–water partition coefficient (Wildman–Crippen LogP) is 4.19. The predicted molar refractivity (Wildman–Crippen MR) is 94.0 cm³/mol. The van der Waals surface area contributed by atoms with Crippen LogP contribution in [0, 0.1) is 10.1 Å². The maximum atomic E-state index is 12.3. The highest BCUT2D eigenvalue weighted by atomic mass is 32.2. The van der Waals surface area contributed by atoms with Crippen LogP contribution < -0.4 is 10.1 Å². The third-order valence-corrected chi connectivity index (χ3v) is 4.12. The maximum absolute atomic E-state index is 12.3. The minimum Gasteiger partial charge on any atom is -0.484 e. The lowest BCUT2D eigenvalue weighted by atomic mass is 10.1. The first-order valence-corrected chi connectivity index (χ1v) is 8.81. The molecule has 0 aliphatic carbocycles. The summed E-state index contributed by atoms with van der Waals surface area (Å²) in [7, 11) is 0. The molecule has 0 atom stereocenters. The van der Waals surface area contributed by atoms with Gasteiger partial charge in [0, 0.05) is 17.5 Å². The van der Waals surface area contributed by atoms with Crippen LogP contribution in [0.2, 0.25) is 0 Å². The molecule has 0 unspecified atom stereocenters. The van der Waals surface area contributed by atoms with E-state index in [9.17, 15) is 28.1 Å². The number of nitrogens with one attached hydrogen (secondary N) is 1. The van der Waals surface area contributed by atoms with Gasteiger partial charge in [0.05, 0.1) is 4.92 Å². The van der Waals surface area contributed by atoms with E-state index in [1.165, 1.54) is 42.1 Å². The lowest BCUT2D eigenvalue weighted by Crippen LogP contribution is -2.24. The average molecular weight is 400 g/mol. The fourth-order valence-electron chi connectivity index (χ4n) is 2.17. The topological polar surface area (TPSA) is 81.5 Å². The molecule has 0 saturated heterocycles. The van der Waals surface area contributed by atoms with Crippen molar-refractivity contribution in [3.63, 3.8) is 0 Å². The van der Waals surface area contributed by atoms with Crippen molar-refractivity contribution in [2.75, 3.05) is 12.9 Å². The number of carbonyl (C=O) groups is 1. The van der Waals surface area contributed by atoms with Crippen molar-refractivity contribution in [2.24, 2.45) is 0 Å². The maximum Gasteiger partial charge on any atom is 0.422 e. The first kappa shape index (κ1) is 20.6. The van der Waals surface area contributed by atoms with E-state index in [0.717, 1.165) is 0 Å². The highest BCUT2D eigenvalue weighted by Gasteiger charge is 2.28. The molecular weight excluding hydrogens is 385 g/mol. The number of benzene rings is 2. The highest BCUT2D eigenvalue weighted by Crippen LogP contribution is 2.25. The molecule has 0 spiro atoms. The van der Waals surface area contributed by atoms with Gasteiger partial charge in [0.25, 0.3) is 11.6 Å². The van der Waals surface area contributed by atoms with Crippen LogP contribution >= 0.6 is 11.8 Å². The van der Waals surface area contributed by atoms with Gasteiger partial charge in [-0.2, -0.15) is 13.2 Å². The molecule has 1 amide bonds. The van der Waals surface area contributed by atoms with Gasteiger partial charge in [-0.15, -0.1) is 11.8 Å². The molecule has 144 valence electrons. The van der Waals surface area contributed by atoms with Gasteiger partial charge < -0.3 is 10.1 Å². The lowest BCUT2D eigenvalue weighted by molar-refractivity contribution is -0.385. The second-order valence-corrected chi connectivity index (χ2v) is 6.25. The monoisotopic (exact) mass is 400 g/mol. The van der Waals surface area contributed by atoms with Gasteiger partial charge in [0.15, 0.2) is 6.61 Å². The molecule has 2 aromatic rings. The molecule has 1 N–H and O–H groups in total. The van der Waals surface area contributed by atoms with Crippen LogP contribution in [0.15, 0.2) is 47.4 Å². The Bertz CT molecular complexity index is 843. The molecule has 0 aliphatic heterocycles. The molecule has 0 radical (unpaired) electrons. The number of rotatable bonds is 7. The summed E-state index contributed by atoms with van der Waals surface area (Å²) in [5.74, 6) is -0.645. The summed E-state index contributed by atoms with van der Waals surface area (Å²) in [5, 5.41) is 13.6. The van der Waals surface area contributed by atoms with Gasteiger partial charge in [0.2, 0.25) is 0 Å². The number of amides is 1. The largest absolute Gasteiger partial charge is 0.484 e. The van der Waals surface area contributed by atoms with E-state index in [2.05, 4.69) is 10.1 Å². The van der Waals surface area contributed by atoms with Gasteiger partial charge in [-0.25, -0.2) is 0 Å². The van der Waals surface area contributed by atoms with E-state index in [0.29, 0.717) is 10.5 Å². The van der Waals surface area contributed by atoms with Gasteiger partial charge in [0.1, 0.15) is 11.3 Å². The minimum atomic E-state index is -4.45. The summed E-state index contributed by atoms with van der Waals surface area (Å²) in [6.45, 7) is -1.45. The first-order valence-electron chi connectivity index (χ1n) is 7.59. The van der Waals surface area contributed by atoms with E-state index >= 15 is 0 Å². The minimum absolute atomic E-state index is 0.00874. The number of ether oxygens (including phenoxy) is 1. The van der Waals surface area contributed by atoms with Crippen LogP contribution in [0.1, 0.15) is 15.9 Å². The third-order valence-electron chi connectivity index (χ3n) is 3.40. The van der Waals surface area contributed by atoms with Crippen molar-refractivity contribution in [2.45, 2.75) is 17.6 Å². The fourth-order valence-corrected chi connectivity index (χ4v) is 2.61. The molecule has 0 aliphatic rings. The highest BCUT2D eigenvalue weighted by molar-refractivity contribution is 7.98. The van der Waals surface area contributed by atoms with Crippen molar-refractivity contribution >= 4 is 23.4 Å². The Labute approximate surface area is 156 Å². The van der Waals surface area contributed by atoms with E-state index in [1.807, 2.05) is 0 Å². The third kappa shape index (κ3) is 6.17. The molecule has 0 bridgehead atoms. The quantitative estimate of drug-likeness (QED) is 0.428. The standard InChI is InChI=1S/C17H15F3N2O4S/c1-27-13-5-6-15(22(24)25)14(8-13)16(23)21-9-11-3-2-4-12(7-11)26-10-17(18,19)20/h2-8H,9-10H2,1H3,(H,21,23). The molecule has 10 heteroatoms. The van der Waals surface area contributed by atoms with E-state index < -0.39 is 23.6 Å². The van der Waals surface area contributed by atoms with E-state index in [1.54, 1.807) is 18.4 Å². The zero-order chi connectivity index (χ0) is 20.0. The molecular formula is C17H15F3N2O4S. The van der Waals surface area contributed by atoms with Crippen LogP contribution in [0.25, 0.3) is 0 Å². The summed E-state index contributed by atoms with van der Waals surface area (Å²) >= 11 is 1.33. The van der Waals surface area contributed by atoms with Crippen molar-refractivity contribution < 1.29 is 27.6 Å². The number of carbonyl (C=O) groups excluding carboxylic acids is 1. The molecule has 2 rings (SSSR count). The molecule has 0 aromatic heterocycles. The second-order valence-electron chi connectivity index (χ2n) is 5.37. The number of halogens is 3. The number of alkyl halides is 3. The number of nitro benzene ring substituents is 1. The average Bonchev–Trinajstić information content (AvgIpc) is 2.63. The summed E-state index contributed by atoms with van der Waals surface area (Å²) in [5.41, 5.74) is 0.0792. The van der Waals surface area contributed by atoms with Crippen molar-refractivity contribution in [1.29, 1.82) is 0 Å². The van der Waals surface area contributed by atoms with Gasteiger partial charge >= 0.3 is 6.18 Å². The van der Waals surface area contributed by atoms with E-state index in [-0.39, 0.29) is 23.5 Å². The number of thioether (sulfide) groups is 1. The zero-order valence-electron chi connectivity index (χ0n) is 14.1. The Morgan fingerprint density at radius 2 is 2.00 bits per heavy atom. The number of hydrogen-bond acceptors (Lipinski definition) is 5. The van der Waals surface area contributed by atoms with Crippen LogP contribution in [0.4, 0.5) is 18.9 Å². The fraction of sp³-hybridized carbons (Fsp3) is 0.235. The Kier molecular flexibility index (Phi) is 6.67. The normalized spacial score (nSPS) is 11.1. The van der Waals surface area contributed by atoms with Crippen molar-refractivity contribution in [3.05, 3.63) is 63.7 Å².